The number of nitrogens with zero attached hydrogens (tertiary/aromatic N) is 4. The Balaban J connectivity index is 1.38. The number of carbonyl (C=O) groups is 1. The summed E-state index contributed by atoms with van der Waals surface area (Å²) in [5.74, 6) is 2.47. The third-order valence-electron chi connectivity index (χ3n) is 4.60. The van der Waals surface area contributed by atoms with Gasteiger partial charge in [0.15, 0.2) is 16.7 Å². The zero-order valence-corrected chi connectivity index (χ0v) is 19.9. The van der Waals surface area contributed by atoms with Gasteiger partial charge in [-0.15, -0.1) is 21.5 Å². The number of rotatable bonds is 9. The molecule has 0 saturated heterocycles. The quantitative estimate of drug-likeness (QED) is 0.330. The predicted octanol–water partition coefficient (Wildman–Crippen LogP) is 5.43. The molecule has 0 saturated carbocycles. The molecule has 0 aliphatic heterocycles. The van der Waals surface area contributed by atoms with E-state index >= 15 is 0 Å². The highest BCUT2D eigenvalue weighted by atomic mass is 32.2. The highest BCUT2D eigenvalue weighted by molar-refractivity contribution is 7.98. The zero-order valence-electron chi connectivity index (χ0n) is 18.2. The molecule has 0 atom stereocenters. The Kier molecular flexibility index (Phi) is 7.06. The van der Waals surface area contributed by atoms with Gasteiger partial charge in [-0.1, -0.05) is 43.3 Å². The van der Waals surface area contributed by atoms with Gasteiger partial charge in [0.2, 0.25) is 5.91 Å². The summed E-state index contributed by atoms with van der Waals surface area (Å²) in [7, 11) is 0. The molecule has 0 fully saturated rings. The molecule has 0 bridgehead atoms. The van der Waals surface area contributed by atoms with Gasteiger partial charge in [-0.05, 0) is 37.1 Å². The maximum absolute atomic E-state index is 12.3. The van der Waals surface area contributed by atoms with Gasteiger partial charge >= 0.3 is 0 Å². The van der Waals surface area contributed by atoms with E-state index in [1.165, 1.54) is 11.3 Å². The number of nitrogens with one attached hydrogen (secondary N) is 1. The third-order valence-corrected chi connectivity index (χ3v) is 6.50. The Labute approximate surface area is 195 Å². The molecular formula is C23H25N5O2S2. The SMILES string of the molecule is Cc1ccc(NC(=O)Cc2nc(CSc3nnc(-c4ccco4)n3CC(C)C)cs2)cc1. The number of thioether (sulfide) groups is 1. The first-order valence-corrected chi connectivity index (χ1v) is 12.2. The second-order valence-electron chi connectivity index (χ2n) is 7.90. The van der Waals surface area contributed by atoms with Gasteiger partial charge in [-0.3, -0.25) is 9.36 Å². The number of aromatic nitrogens is 4. The molecule has 3 heterocycles. The Morgan fingerprint density at radius 3 is 2.75 bits per heavy atom. The van der Waals surface area contributed by atoms with E-state index in [4.69, 9.17) is 4.42 Å². The molecule has 0 spiro atoms. The molecule has 4 rings (SSSR count). The zero-order chi connectivity index (χ0) is 22.5. The lowest BCUT2D eigenvalue weighted by Gasteiger charge is -2.11. The minimum Gasteiger partial charge on any atom is -0.461 e. The third kappa shape index (κ3) is 5.66. The van der Waals surface area contributed by atoms with Crippen LogP contribution in [0, 0.1) is 12.8 Å². The highest BCUT2D eigenvalue weighted by Gasteiger charge is 2.18. The van der Waals surface area contributed by atoms with E-state index in [2.05, 4.69) is 38.9 Å². The Bertz CT molecular complexity index is 1160. The highest BCUT2D eigenvalue weighted by Crippen LogP contribution is 2.28. The van der Waals surface area contributed by atoms with Crippen LogP contribution in [-0.4, -0.2) is 25.7 Å². The molecule has 1 N–H and O–H groups in total. The van der Waals surface area contributed by atoms with Crippen LogP contribution < -0.4 is 5.32 Å². The largest absolute Gasteiger partial charge is 0.461 e. The number of anilines is 1. The van der Waals surface area contributed by atoms with Crippen LogP contribution in [0.15, 0.2) is 57.6 Å². The second-order valence-corrected chi connectivity index (χ2v) is 9.79. The maximum atomic E-state index is 12.3. The summed E-state index contributed by atoms with van der Waals surface area (Å²) in [5, 5.41) is 15.3. The summed E-state index contributed by atoms with van der Waals surface area (Å²) in [4.78, 5) is 17.0. The van der Waals surface area contributed by atoms with Crippen molar-refractivity contribution in [1.29, 1.82) is 0 Å². The molecule has 3 aromatic heterocycles. The van der Waals surface area contributed by atoms with Crippen LogP contribution in [0.1, 0.15) is 30.1 Å². The Hall–Kier alpha value is -2.91. The molecule has 1 amide bonds. The Morgan fingerprint density at radius 1 is 1.22 bits per heavy atom. The normalized spacial score (nSPS) is 11.2. The van der Waals surface area contributed by atoms with Crippen molar-refractivity contribution < 1.29 is 9.21 Å². The standard InChI is InChI=1S/C23H25N5O2S2/c1-15(2)12-28-22(19-5-4-10-30-19)26-27-23(28)32-14-18-13-31-21(25-18)11-20(29)24-17-8-6-16(3)7-9-17/h4-10,13,15H,11-12,14H2,1-3H3,(H,24,29). The first-order valence-electron chi connectivity index (χ1n) is 10.4. The van der Waals surface area contributed by atoms with Crippen molar-refractivity contribution >= 4 is 34.7 Å². The molecule has 166 valence electrons. The van der Waals surface area contributed by atoms with Crippen molar-refractivity contribution in [3.05, 3.63) is 64.3 Å². The van der Waals surface area contributed by atoms with Crippen LogP contribution in [0.2, 0.25) is 0 Å². The smallest absolute Gasteiger partial charge is 0.231 e. The van der Waals surface area contributed by atoms with Gasteiger partial charge in [0, 0.05) is 23.4 Å². The van der Waals surface area contributed by atoms with Gasteiger partial charge in [-0.25, -0.2) is 4.98 Å². The van der Waals surface area contributed by atoms with Crippen LogP contribution >= 0.6 is 23.1 Å². The molecule has 0 radical (unpaired) electrons. The number of thiazole rings is 1. The van der Waals surface area contributed by atoms with E-state index < -0.39 is 0 Å². The predicted molar refractivity (Wildman–Crippen MR) is 128 cm³/mol. The van der Waals surface area contributed by atoms with E-state index in [1.54, 1.807) is 18.0 Å². The van der Waals surface area contributed by atoms with E-state index in [1.807, 2.05) is 48.7 Å². The first-order chi connectivity index (χ1) is 15.5. The summed E-state index contributed by atoms with van der Waals surface area (Å²) in [5.41, 5.74) is 2.88. The minimum atomic E-state index is -0.0674. The number of hydrogen-bond donors (Lipinski definition) is 1. The van der Waals surface area contributed by atoms with E-state index in [9.17, 15) is 4.79 Å². The summed E-state index contributed by atoms with van der Waals surface area (Å²) in [6.45, 7) is 7.14. The van der Waals surface area contributed by atoms with Crippen molar-refractivity contribution in [2.45, 2.75) is 44.6 Å². The lowest BCUT2D eigenvalue weighted by molar-refractivity contribution is -0.115. The van der Waals surface area contributed by atoms with Crippen molar-refractivity contribution in [3.8, 4) is 11.6 Å². The van der Waals surface area contributed by atoms with Gasteiger partial charge in [0.1, 0.15) is 5.01 Å². The van der Waals surface area contributed by atoms with Crippen LogP contribution in [0.4, 0.5) is 5.69 Å². The number of carbonyl (C=O) groups excluding carboxylic acids is 1. The van der Waals surface area contributed by atoms with Crippen molar-refractivity contribution in [1.82, 2.24) is 19.7 Å². The average Bonchev–Trinajstić information content (AvgIpc) is 3.49. The van der Waals surface area contributed by atoms with E-state index in [0.29, 0.717) is 17.4 Å². The Morgan fingerprint density at radius 2 is 2.03 bits per heavy atom. The second kappa shape index (κ2) is 10.1. The van der Waals surface area contributed by atoms with Gasteiger partial charge in [0.25, 0.3) is 0 Å². The molecule has 0 unspecified atom stereocenters. The fraction of sp³-hybridized carbons (Fsp3) is 0.304. The van der Waals surface area contributed by atoms with E-state index in [0.717, 1.165) is 39.5 Å². The van der Waals surface area contributed by atoms with Crippen LogP contribution in [-0.2, 0) is 23.5 Å². The molecule has 32 heavy (non-hydrogen) atoms. The van der Waals surface area contributed by atoms with Crippen LogP contribution in [0.3, 0.4) is 0 Å². The molecular weight excluding hydrogens is 442 g/mol. The molecule has 9 heteroatoms. The van der Waals surface area contributed by atoms with Crippen molar-refractivity contribution in [2.75, 3.05) is 5.32 Å². The number of amides is 1. The van der Waals surface area contributed by atoms with Crippen LogP contribution in [0.25, 0.3) is 11.6 Å². The van der Waals surface area contributed by atoms with Crippen molar-refractivity contribution in [3.63, 3.8) is 0 Å². The summed E-state index contributed by atoms with van der Waals surface area (Å²) in [6, 6.07) is 11.5. The molecule has 7 nitrogen and oxygen atoms in total. The number of hydrogen-bond acceptors (Lipinski definition) is 7. The molecule has 1 aromatic carbocycles. The van der Waals surface area contributed by atoms with Gasteiger partial charge < -0.3 is 9.73 Å². The molecule has 0 aliphatic rings. The molecule has 4 aromatic rings. The summed E-state index contributed by atoms with van der Waals surface area (Å²) >= 11 is 3.09. The van der Waals surface area contributed by atoms with Crippen LogP contribution in [0.5, 0.6) is 0 Å². The van der Waals surface area contributed by atoms with E-state index in [-0.39, 0.29) is 12.3 Å². The monoisotopic (exact) mass is 467 g/mol. The number of furan rings is 1. The lowest BCUT2D eigenvalue weighted by Crippen LogP contribution is -2.14. The number of benzene rings is 1. The van der Waals surface area contributed by atoms with Gasteiger partial charge in [0.05, 0.1) is 18.4 Å². The first kappa shape index (κ1) is 22.3. The topological polar surface area (TPSA) is 85.8 Å². The number of aryl methyl sites for hydroxylation is 1. The summed E-state index contributed by atoms with van der Waals surface area (Å²) in [6.07, 6.45) is 1.90. The lowest BCUT2D eigenvalue weighted by atomic mass is 10.2. The fourth-order valence-electron chi connectivity index (χ4n) is 3.13. The average molecular weight is 468 g/mol. The molecule has 0 aliphatic carbocycles. The fourth-order valence-corrected chi connectivity index (χ4v) is 4.87. The minimum absolute atomic E-state index is 0.0674. The maximum Gasteiger partial charge on any atom is 0.231 e. The van der Waals surface area contributed by atoms with Crippen molar-refractivity contribution in [2.24, 2.45) is 5.92 Å². The summed E-state index contributed by atoms with van der Waals surface area (Å²) < 4.78 is 7.62. The van der Waals surface area contributed by atoms with Gasteiger partial charge in [-0.2, -0.15) is 0 Å².